The number of hydrogen-bond donors (Lipinski definition) is 1. The molecule has 2 heterocycles. The number of aromatic nitrogens is 2. The molecule has 0 fully saturated rings. The molecule has 29 heavy (non-hydrogen) atoms. The fourth-order valence-electron chi connectivity index (χ4n) is 2.92. The number of methoxy groups -OCH3 is 1. The van der Waals surface area contributed by atoms with Gasteiger partial charge in [0.15, 0.2) is 0 Å². The molecule has 146 valence electrons. The average Bonchev–Trinajstić information content (AvgIpc) is 3.18. The standard InChI is InChI=1S/C22H19N3O3Se/c1-3-28-22(26)20-11-15-10-16(6-9-19(15)29-20)25-21-12-18(23-13-24-21)14-4-7-17(27-2)8-5-14/h4-13H,3H2,1-2H3,(H,23,24,25). The van der Waals surface area contributed by atoms with Crippen LogP contribution < -0.4 is 10.1 Å². The van der Waals surface area contributed by atoms with Crippen molar-refractivity contribution in [1.82, 2.24) is 9.97 Å². The number of ether oxygens (including phenoxy) is 2. The maximum atomic E-state index is 12.0. The van der Waals surface area contributed by atoms with Crippen molar-refractivity contribution >= 4 is 41.6 Å². The zero-order valence-electron chi connectivity index (χ0n) is 16.0. The van der Waals surface area contributed by atoms with Gasteiger partial charge in [-0.2, -0.15) is 0 Å². The summed E-state index contributed by atoms with van der Waals surface area (Å²) in [6.07, 6.45) is 1.54. The summed E-state index contributed by atoms with van der Waals surface area (Å²) in [5, 5.41) is 4.37. The molecule has 0 saturated heterocycles. The molecule has 0 atom stereocenters. The van der Waals surface area contributed by atoms with Gasteiger partial charge in [-0.05, 0) is 0 Å². The van der Waals surface area contributed by atoms with Gasteiger partial charge in [-0.1, -0.05) is 0 Å². The number of hydrogen-bond acceptors (Lipinski definition) is 6. The Morgan fingerprint density at radius 3 is 2.66 bits per heavy atom. The molecule has 1 N–H and O–H groups in total. The summed E-state index contributed by atoms with van der Waals surface area (Å²) in [6.45, 7) is 2.21. The van der Waals surface area contributed by atoms with Crippen LogP contribution in [0.3, 0.4) is 0 Å². The van der Waals surface area contributed by atoms with Crippen molar-refractivity contribution in [3.8, 4) is 17.0 Å². The van der Waals surface area contributed by atoms with Gasteiger partial charge >= 0.3 is 162 Å². The third kappa shape index (κ3) is 4.31. The molecular formula is C22H19N3O3Se. The van der Waals surface area contributed by atoms with Gasteiger partial charge in [0.1, 0.15) is 0 Å². The molecule has 0 aliphatic heterocycles. The number of anilines is 2. The Labute approximate surface area is 174 Å². The fourth-order valence-corrected chi connectivity index (χ4v) is 4.88. The zero-order valence-corrected chi connectivity index (χ0v) is 17.7. The van der Waals surface area contributed by atoms with Crippen molar-refractivity contribution in [2.45, 2.75) is 6.92 Å². The van der Waals surface area contributed by atoms with Crippen LogP contribution in [0.1, 0.15) is 16.2 Å². The van der Waals surface area contributed by atoms with Crippen LogP contribution in [0.25, 0.3) is 20.9 Å². The molecule has 7 heteroatoms. The van der Waals surface area contributed by atoms with E-state index in [0.717, 1.165) is 32.5 Å². The first-order valence-electron chi connectivity index (χ1n) is 9.10. The molecule has 0 unspecified atom stereocenters. The Morgan fingerprint density at radius 1 is 1.07 bits per heavy atom. The fraction of sp³-hybridized carbons (Fsp3) is 0.136. The van der Waals surface area contributed by atoms with Crippen LogP contribution in [0.2, 0.25) is 0 Å². The third-order valence-corrected chi connectivity index (χ3v) is 6.62. The summed E-state index contributed by atoms with van der Waals surface area (Å²) < 4.78 is 12.2. The minimum atomic E-state index is -0.224. The minimum absolute atomic E-state index is 0.0173. The number of esters is 1. The van der Waals surface area contributed by atoms with E-state index in [4.69, 9.17) is 9.47 Å². The zero-order chi connectivity index (χ0) is 20.2. The molecule has 0 aliphatic carbocycles. The van der Waals surface area contributed by atoms with E-state index in [2.05, 4.69) is 15.3 Å². The topological polar surface area (TPSA) is 73.3 Å². The molecule has 0 bridgehead atoms. The number of carbonyl (C=O) groups excluding carboxylic acids is 1. The van der Waals surface area contributed by atoms with E-state index in [9.17, 15) is 4.79 Å². The van der Waals surface area contributed by atoms with E-state index < -0.39 is 0 Å². The summed E-state index contributed by atoms with van der Waals surface area (Å²) in [5.74, 6) is 1.28. The quantitative estimate of drug-likeness (QED) is 0.348. The number of benzene rings is 2. The van der Waals surface area contributed by atoms with Crippen LogP contribution in [0.5, 0.6) is 5.75 Å². The van der Waals surface area contributed by atoms with Gasteiger partial charge in [0.25, 0.3) is 0 Å². The van der Waals surface area contributed by atoms with E-state index in [-0.39, 0.29) is 20.5 Å². The van der Waals surface area contributed by atoms with E-state index in [1.165, 1.54) is 10.6 Å². The van der Waals surface area contributed by atoms with Crippen molar-refractivity contribution < 1.29 is 14.3 Å². The summed E-state index contributed by atoms with van der Waals surface area (Å²) >= 11 is -0.0173. The summed E-state index contributed by atoms with van der Waals surface area (Å²) in [7, 11) is 1.64. The Bertz CT molecular complexity index is 1160. The van der Waals surface area contributed by atoms with Gasteiger partial charge in [-0.15, -0.1) is 0 Å². The maximum absolute atomic E-state index is 12.0. The first-order valence-corrected chi connectivity index (χ1v) is 10.8. The number of carbonyl (C=O) groups is 1. The SMILES string of the molecule is CCOC(=O)c1cc2cc(Nc3cc(-c4ccc(OC)cc4)ncn3)ccc2[se]1. The van der Waals surface area contributed by atoms with Gasteiger partial charge in [-0.25, -0.2) is 0 Å². The number of nitrogens with one attached hydrogen (secondary N) is 1. The molecule has 0 amide bonds. The second kappa shape index (κ2) is 8.47. The molecule has 0 aliphatic rings. The number of nitrogens with zero attached hydrogens (tertiary/aromatic N) is 2. The van der Waals surface area contributed by atoms with Crippen molar-refractivity contribution in [3.05, 3.63) is 65.4 Å². The third-order valence-electron chi connectivity index (χ3n) is 4.32. The molecule has 2 aromatic heterocycles. The van der Waals surface area contributed by atoms with Gasteiger partial charge in [-0.3, -0.25) is 0 Å². The van der Waals surface area contributed by atoms with Crippen molar-refractivity contribution in [1.29, 1.82) is 0 Å². The van der Waals surface area contributed by atoms with Gasteiger partial charge in [0.05, 0.1) is 7.11 Å². The molecule has 0 spiro atoms. The van der Waals surface area contributed by atoms with E-state index in [1.54, 1.807) is 7.11 Å². The second-order valence-electron chi connectivity index (χ2n) is 6.23. The first-order chi connectivity index (χ1) is 14.2. The predicted molar refractivity (Wildman–Crippen MR) is 114 cm³/mol. The first kappa shape index (κ1) is 19.2. The van der Waals surface area contributed by atoms with Gasteiger partial charge in [0, 0.05) is 0 Å². The number of rotatable bonds is 6. The summed E-state index contributed by atoms with van der Waals surface area (Å²) in [4.78, 5) is 20.7. The summed E-state index contributed by atoms with van der Waals surface area (Å²) in [5.41, 5.74) is 2.70. The van der Waals surface area contributed by atoms with Crippen molar-refractivity contribution in [2.75, 3.05) is 19.0 Å². The molecule has 6 nitrogen and oxygen atoms in total. The van der Waals surface area contributed by atoms with Gasteiger partial charge < -0.3 is 4.74 Å². The summed E-state index contributed by atoms with van der Waals surface area (Å²) in [6, 6.07) is 17.6. The molecule has 0 radical (unpaired) electrons. The molecule has 2 aromatic carbocycles. The Kier molecular flexibility index (Phi) is 5.60. The van der Waals surface area contributed by atoms with E-state index in [1.807, 2.05) is 61.5 Å². The Hall–Kier alpha value is -3.15. The van der Waals surface area contributed by atoms with Crippen LogP contribution in [0.15, 0.2) is 60.9 Å². The molecule has 4 rings (SSSR count). The van der Waals surface area contributed by atoms with E-state index in [0.29, 0.717) is 12.4 Å². The van der Waals surface area contributed by atoms with Crippen LogP contribution in [0, 0.1) is 0 Å². The second-order valence-corrected chi connectivity index (χ2v) is 8.50. The normalized spacial score (nSPS) is 10.7. The molecule has 4 aromatic rings. The monoisotopic (exact) mass is 453 g/mol. The Morgan fingerprint density at radius 2 is 1.90 bits per heavy atom. The van der Waals surface area contributed by atoms with Crippen LogP contribution >= 0.6 is 0 Å². The van der Waals surface area contributed by atoms with Gasteiger partial charge in [0.2, 0.25) is 0 Å². The van der Waals surface area contributed by atoms with E-state index >= 15 is 0 Å². The van der Waals surface area contributed by atoms with Crippen LogP contribution in [-0.2, 0) is 4.74 Å². The average molecular weight is 452 g/mol. The van der Waals surface area contributed by atoms with Crippen molar-refractivity contribution in [3.63, 3.8) is 0 Å². The van der Waals surface area contributed by atoms with Crippen LogP contribution in [0.4, 0.5) is 11.5 Å². The molecular weight excluding hydrogens is 433 g/mol. The Balaban J connectivity index is 1.57. The number of fused-ring (bicyclic) bond motifs is 1. The molecule has 0 saturated carbocycles. The predicted octanol–water partition coefficient (Wildman–Crippen LogP) is 4.28. The van der Waals surface area contributed by atoms with Crippen LogP contribution in [-0.4, -0.2) is 44.2 Å². The van der Waals surface area contributed by atoms with Crippen molar-refractivity contribution in [2.24, 2.45) is 0 Å².